The van der Waals surface area contributed by atoms with Crippen molar-refractivity contribution in [3.63, 3.8) is 0 Å². The Labute approximate surface area is 129 Å². The number of hydrogen-bond acceptors (Lipinski definition) is 3. The van der Waals surface area contributed by atoms with Crippen LogP contribution in [0.4, 0.5) is 5.69 Å². The van der Waals surface area contributed by atoms with E-state index in [2.05, 4.69) is 0 Å². The first-order valence-electron chi connectivity index (χ1n) is 5.47. The first kappa shape index (κ1) is 15.1. The summed E-state index contributed by atoms with van der Waals surface area (Å²) in [5, 5.41) is 22.1. The maximum atomic E-state index is 11.0. The van der Waals surface area contributed by atoms with Gasteiger partial charge in [0.05, 0.1) is 10.5 Å². The number of nitro groups is 1. The second kappa shape index (κ2) is 5.97. The third-order valence-corrected chi connectivity index (χ3v) is 3.65. The van der Waals surface area contributed by atoms with Crippen LogP contribution < -0.4 is 0 Å². The molecule has 7 heteroatoms. The first-order valence-corrected chi connectivity index (χ1v) is 6.61. The highest BCUT2D eigenvalue weighted by Crippen LogP contribution is 2.38. The molecular formula is C13H8Cl3NO3. The van der Waals surface area contributed by atoms with Crippen LogP contribution in [-0.2, 0) is 0 Å². The second-order valence-electron chi connectivity index (χ2n) is 4.00. The lowest BCUT2D eigenvalue weighted by molar-refractivity contribution is -0.386. The molecule has 0 spiro atoms. The molecule has 0 bridgehead atoms. The van der Waals surface area contributed by atoms with Gasteiger partial charge >= 0.3 is 0 Å². The molecule has 0 saturated carbocycles. The maximum absolute atomic E-state index is 11.0. The van der Waals surface area contributed by atoms with Gasteiger partial charge in [0.1, 0.15) is 6.10 Å². The summed E-state index contributed by atoms with van der Waals surface area (Å²) in [6.07, 6.45) is -1.34. The highest BCUT2D eigenvalue weighted by molar-refractivity contribution is 6.36. The fraction of sp³-hybridized carbons (Fsp3) is 0.0769. The number of nitrogens with zero attached hydrogens (tertiary/aromatic N) is 1. The number of benzene rings is 2. The third kappa shape index (κ3) is 2.88. The summed E-state index contributed by atoms with van der Waals surface area (Å²) >= 11 is 17.8. The van der Waals surface area contributed by atoms with Gasteiger partial charge in [0, 0.05) is 26.7 Å². The molecule has 0 heterocycles. The summed E-state index contributed by atoms with van der Waals surface area (Å²) in [6, 6.07) is 8.64. The lowest BCUT2D eigenvalue weighted by atomic mass is 10.00. The van der Waals surface area contributed by atoms with Gasteiger partial charge in [-0.1, -0.05) is 40.9 Å². The Bertz CT molecular complexity index is 656. The number of hydrogen-bond donors (Lipinski definition) is 1. The van der Waals surface area contributed by atoms with Crippen molar-refractivity contribution in [2.24, 2.45) is 0 Å². The van der Waals surface area contributed by atoms with E-state index in [-0.39, 0.29) is 31.9 Å². The summed E-state index contributed by atoms with van der Waals surface area (Å²) in [5.41, 5.74) is -0.00316. The minimum absolute atomic E-state index is 0.0394. The minimum atomic E-state index is -1.34. The zero-order chi connectivity index (χ0) is 14.9. The third-order valence-electron chi connectivity index (χ3n) is 2.75. The van der Waals surface area contributed by atoms with Crippen molar-refractivity contribution in [1.82, 2.24) is 0 Å². The SMILES string of the molecule is O=[N+]([O-])c1ccc(Cl)cc1[C@@H](O)c1c(Cl)cccc1Cl. The molecule has 20 heavy (non-hydrogen) atoms. The molecule has 1 atom stereocenters. The van der Waals surface area contributed by atoms with Crippen LogP contribution in [0.5, 0.6) is 0 Å². The van der Waals surface area contributed by atoms with Crippen molar-refractivity contribution in [3.8, 4) is 0 Å². The second-order valence-corrected chi connectivity index (χ2v) is 5.25. The van der Waals surface area contributed by atoms with Crippen molar-refractivity contribution >= 4 is 40.5 Å². The van der Waals surface area contributed by atoms with Gasteiger partial charge in [0.2, 0.25) is 0 Å². The molecule has 0 aliphatic rings. The van der Waals surface area contributed by atoms with Crippen molar-refractivity contribution < 1.29 is 10.0 Å². The Morgan fingerprint density at radius 3 is 2.25 bits per heavy atom. The van der Waals surface area contributed by atoms with Crippen molar-refractivity contribution in [2.45, 2.75) is 6.10 Å². The number of nitro benzene ring substituents is 1. The highest BCUT2D eigenvalue weighted by atomic mass is 35.5. The van der Waals surface area contributed by atoms with Gasteiger partial charge in [-0.2, -0.15) is 0 Å². The first-order chi connectivity index (χ1) is 9.41. The van der Waals surface area contributed by atoms with Crippen LogP contribution in [0.3, 0.4) is 0 Å². The van der Waals surface area contributed by atoms with E-state index in [1.54, 1.807) is 18.2 Å². The van der Waals surface area contributed by atoms with Gasteiger partial charge < -0.3 is 5.11 Å². The summed E-state index contributed by atoms with van der Waals surface area (Å²) in [7, 11) is 0. The normalized spacial score (nSPS) is 12.2. The van der Waals surface area contributed by atoms with Gasteiger partial charge in [-0.3, -0.25) is 10.1 Å². The number of rotatable bonds is 3. The smallest absolute Gasteiger partial charge is 0.275 e. The van der Waals surface area contributed by atoms with Crippen LogP contribution in [-0.4, -0.2) is 10.0 Å². The zero-order valence-electron chi connectivity index (χ0n) is 9.89. The predicted octanol–water partition coefficient (Wildman–Crippen LogP) is 4.64. The molecule has 0 aliphatic carbocycles. The van der Waals surface area contributed by atoms with E-state index in [1.165, 1.54) is 18.2 Å². The molecule has 104 valence electrons. The summed E-state index contributed by atoms with van der Waals surface area (Å²) in [6.45, 7) is 0. The van der Waals surface area contributed by atoms with Crippen LogP contribution in [0.1, 0.15) is 17.2 Å². The van der Waals surface area contributed by atoms with Gasteiger partial charge in [-0.25, -0.2) is 0 Å². The van der Waals surface area contributed by atoms with Crippen LogP contribution in [0.2, 0.25) is 15.1 Å². The summed E-state index contributed by atoms with van der Waals surface area (Å²) < 4.78 is 0. The van der Waals surface area contributed by atoms with Gasteiger partial charge in [-0.15, -0.1) is 0 Å². The van der Waals surface area contributed by atoms with E-state index >= 15 is 0 Å². The van der Waals surface area contributed by atoms with Crippen molar-refractivity contribution in [1.29, 1.82) is 0 Å². The van der Waals surface area contributed by atoms with E-state index in [4.69, 9.17) is 34.8 Å². The Hall–Kier alpha value is -1.33. The largest absolute Gasteiger partial charge is 0.383 e. The number of halogens is 3. The van der Waals surface area contributed by atoms with Crippen molar-refractivity contribution in [2.75, 3.05) is 0 Å². The van der Waals surface area contributed by atoms with Crippen LogP contribution in [0.25, 0.3) is 0 Å². The zero-order valence-corrected chi connectivity index (χ0v) is 12.2. The predicted molar refractivity (Wildman–Crippen MR) is 78.6 cm³/mol. The summed E-state index contributed by atoms with van der Waals surface area (Å²) in [4.78, 5) is 10.4. The molecule has 1 N–H and O–H groups in total. The van der Waals surface area contributed by atoms with Crippen molar-refractivity contribution in [3.05, 3.63) is 72.7 Å². The van der Waals surface area contributed by atoms with E-state index in [0.717, 1.165) is 0 Å². The average Bonchev–Trinajstić information content (AvgIpc) is 2.37. The Balaban J connectivity index is 2.61. The molecule has 4 nitrogen and oxygen atoms in total. The standard InChI is InChI=1S/C13H8Cl3NO3/c14-7-4-5-11(17(19)20)8(6-7)13(18)12-9(15)2-1-3-10(12)16/h1-6,13,18H/t13-/m1/s1. The lowest BCUT2D eigenvalue weighted by Crippen LogP contribution is -2.05. The van der Waals surface area contributed by atoms with Gasteiger partial charge in [-0.05, 0) is 24.3 Å². The van der Waals surface area contributed by atoms with Gasteiger partial charge in [0.15, 0.2) is 0 Å². The molecule has 0 aliphatic heterocycles. The molecule has 2 aromatic rings. The highest BCUT2D eigenvalue weighted by Gasteiger charge is 2.25. The minimum Gasteiger partial charge on any atom is -0.383 e. The van der Waals surface area contributed by atoms with Crippen LogP contribution in [0, 0.1) is 10.1 Å². The van der Waals surface area contributed by atoms with Crippen LogP contribution >= 0.6 is 34.8 Å². The van der Waals surface area contributed by atoms with E-state index in [0.29, 0.717) is 0 Å². The Morgan fingerprint density at radius 1 is 1.10 bits per heavy atom. The van der Waals surface area contributed by atoms with E-state index in [1.807, 2.05) is 0 Å². The average molecular weight is 333 g/mol. The quantitative estimate of drug-likeness (QED) is 0.658. The summed E-state index contributed by atoms with van der Waals surface area (Å²) in [5.74, 6) is 0. The molecule has 2 rings (SSSR count). The molecule has 0 aromatic heterocycles. The maximum Gasteiger partial charge on any atom is 0.275 e. The number of aliphatic hydroxyl groups excluding tert-OH is 1. The van der Waals surface area contributed by atoms with Gasteiger partial charge in [0.25, 0.3) is 5.69 Å². The Morgan fingerprint density at radius 2 is 1.70 bits per heavy atom. The van der Waals surface area contributed by atoms with Crippen LogP contribution in [0.15, 0.2) is 36.4 Å². The topological polar surface area (TPSA) is 63.4 Å². The fourth-order valence-electron chi connectivity index (χ4n) is 1.84. The number of aliphatic hydroxyl groups is 1. The molecule has 0 amide bonds. The molecule has 2 aromatic carbocycles. The molecule has 0 fully saturated rings. The molecule has 0 radical (unpaired) electrons. The monoisotopic (exact) mass is 331 g/mol. The van der Waals surface area contributed by atoms with E-state index < -0.39 is 11.0 Å². The molecule has 0 unspecified atom stereocenters. The van der Waals surface area contributed by atoms with E-state index in [9.17, 15) is 15.2 Å². The molecule has 0 saturated heterocycles. The fourth-order valence-corrected chi connectivity index (χ4v) is 2.62. The Kier molecular flexibility index (Phi) is 4.50. The molecular weight excluding hydrogens is 325 g/mol. The lowest BCUT2D eigenvalue weighted by Gasteiger charge is -2.15.